The van der Waals surface area contributed by atoms with Gasteiger partial charge in [-0.25, -0.2) is 19.7 Å². The van der Waals surface area contributed by atoms with Crippen LogP contribution in [-0.2, 0) is 10.9 Å². The molecule has 0 unspecified atom stereocenters. The molecule has 0 saturated carbocycles. The molecule has 0 fully saturated rings. The lowest BCUT2D eigenvalue weighted by Crippen LogP contribution is -2.10. The molecule has 2 heterocycles. The number of hydrogen-bond donors (Lipinski definition) is 1. The van der Waals surface area contributed by atoms with Gasteiger partial charge in [0.25, 0.3) is 0 Å². The Morgan fingerprint density at radius 1 is 1.07 bits per heavy atom. The van der Waals surface area contributed by atoms with Gasteiger partial charge in [0.2, 0.25) is 5.95 Å². The Bertz CT molecular complexity index is 1000. The number of esters is 1. The first-order valence-electron chi connectivity index (χ1n) is 8.10. The third-order valence-electron chi connectivity index (χ3n) is 3.77. The molecule has 1 N–H and O–H groups in total. The summed E-state index contributed by atoms with van der Waals surface area (Å²) in [5.41, 5.74) is 2.02. The molecule has 1 aromatic carbocycles. The summed E-state index contributed by atoms with van der Waals surface area (Å²) >= 11 is 0. The fourth-order valence-electron chi connectivity index (χ4n) is 2.52. The number of pyridine rings is 1. The van der Waals surface area contributed by atoms with Crippen LogP contribution in [0.25, 0.3) is 11.1 Å². The third-order valence-corrected chi connectivity index (χ3v) is 3.77. The van der Waals surface area contributed by atoms with Gasteiger partial charge in [-0.2, -0.15) is 13.2 Å². The summed E-state index contributed by atoms with van der Waals surface area (Å²) in [5.74, 6) is -0.703. The number of carbonyl (C=O) groups is 1. The van der Waals surface area contributed by atoms with E-state index in [0.717, 1.165) is 29.0 Å². The average Bonchev–Trinajstić information content (AvgIpc) is 2.66. The van der Waals surface area contributed by atoms with E-state index in [0.29, 0.717) is 5.69 Å². The minimum absolute atomic E-state index is 0.162. The molecule has 144 valence electrons. The molecular formula is C19H15F3N4O2. The van der Waals surface area contributed by atoms with Crippen LogP contribution in [-0.4, -0.2) is 28.0 Å². The van der Waals surface area contributed by atoms with E-state index in [1.807, 2.05) is 13.0 Å². The van der Waals surface area contributed by atoms with E-state index in [1.54, 1.807) is 18.2 Å². The minimum atomic E-state index is -4.55. The smallest absolute Gasteiger partial charge is 0.433 e. The lowest BCUT2D eigenvalue weighted by atomic mass is 10.0. The third kappa shape index (κ3) is 4.43. The van der Waals surface area contributed by atoms with Crippen LogP contribution in [0.1, 0.15) is 21.7 Å². The normalized spacial score (nSPS) is 11.2. The molecule has 0 amide bonds. The summed E-state index contributed by atoms with van der Waals surface area (Å²) in [7, 11) is 1.27. The number of aryl methyl sites for hydroxylation is 1. The number of rotatable bonds is 4. The highest BCUT2D eigenvalue weighted by Crippen LogP contribution is 2.29. The fourth-order valence-corrected chi connectivity index (χ4v) is 2.52. The number of carbonyl (C=O) groups excluding carboxylic acids is 1. The Morgan fingerprint density at radius 2 is 1.86 bits per heavy atom. The largest absolute Gasteiger partial charge is 0.464 e. The molecule has 0 radical (unpaired) electrons. The maximum atomic E-state index is 12.8. The Hall–Kier alpha value is -3.49. The summed E-state index contributed by atoms with van der Waals surface area (Å²) < 4.78 is 43.1. The zero-order valence-corrected chi connectivity index (χ0v) is 14.9. The number of anilines is 2. The van der Waals surface area contributed by atoms with Crippen LogP contribution in [0, 0.1) is 6.92 Å². The molecule has 0 atom stereocenters. The molecule has 6 nitrogen and oxygen atoms in total. The molecule has 28 heavy (non-hydrogen) atoms. The predicted molar refractivity (Wildman–Crippen MR) is 96.1 cm³/mol. The quantitative estimate of drug-likeness (QED) is 0.668. The monoisotopic (exact) mass is 388 g/mol. The Balaban J connectivity index is 1.89. The maximum absolute atomic E-state index is 12.8. The van der Waals surface area contributed by atoms with Gasteiger partial charge in [0.05, 0.1) is 7.11 Å². The number of halogens is 3. The number of methoxy groups -OCH3 is 1. The van der Waals surface area contributed by atoms with E-state index in [9.17, 15) is 18.0 Å². The summed E-state index contributed by atoms with van der Waals surface area (Å²) in [6, 6.07) is 9.41. The van der Waals surface area contributed by atoms with E-state index >= 15 is 0 Å². The van der Waals surface area contributed by atoms with Crippen molar-refractivity contribution >= 4 is 17.6 Å². The van der Waals surface area contributed by atoms with Crippen LogP contribution >= 0.6 is 0 Å². The van der Waals surface area contributed by atoms with Crippen molar-refractivity contribution < 1.29 is 22.7 Å². The van der Waals surface area contributed by atoms with Gasteiger partial charge in [-0.15, -0.1) is 0 Å². The van der Waals surface area contributed by atoms with E-state index in [-0.39, 0.29) is 11.6 Å². The number of ether oxygens (including phenoxy) is 1. The maximum Gasteiger partial charge on any atom is 0.433 e. The van der Waals surface area contributed by atoms with E-state index in [1.165, 1.54) is 19.4 Å². The molecule has 0 aliphatic carbocycles. The molecular weight excluding hydrogens is 373 g/mol. The number of nitrogens with one attached hydrogen (secondary N) is 1. The number of benzene rings is 1. The van der Waals surface area contributed by atoms with Crippen molar-refractivity contribution in [3.05, 3.63) is 65.7 Å². The number of nitrogens with zero attached hydrogens (tertiary/aromatic N) is 3. The van der Waals surface area contributed by atoms with Gasteiger partial charge in [0.1, 0.15) is 11.4 Å². The lowest BCUT2D eigenvalue weighted by Gasteiger charge is -2.11. The van der Waals surface area contributed by atoms with Crippen LogP contribution < -0.4 is 5.32 Å². The van der Waals surface area contributed by atoms with Gasteiger partial charge in [-0.1, -0.05) is 12.1 Å². The highest BCUT2D eigenvalue weighted by atomic mass is 19.4. The van der Waals surface area contributed by atoms with Crippen LogP contribution in [0.3, 0.4) is 0 Å². The standard InChI is InChI=1S/C19H15F3N4O2/c1-11-7-13(12-3-4-15(24-10-12)17(27)28-2)9-14(8-11)25-18-23-6-5-16(26-18)19(20,21)22/h3-10H,1-2H3,(H,23,25,26). The van der Waals surface area contributed by atoms with Crippen LogP contribution in [0.2, 0.25) is 0 Å². The van der Waals surface area contributed by atoms with E-state index < -0.39 is 17.8 Å². The fraction of sp³-hybridized carbons (Fsp3) is 0.158. The molecule has 3 aromatic rings. The molecule has 0 aliphatic heterocycles. The summed E-state index contributed by atoms with van der Waals surface area (Å²) in [6.07, 6.45) is -1.99. The first-order chi connectivity index (χ1) is 13.3. The second-order valence-corrected chi connectivity index (χ2v) is 5.90. The van der Waals surface area contributed by atoms with Crippen molar-refractivity contribution in [1.29, 1.82) is 0 Å². The molecule has 0 aliphatic rings. The van der Waals surface area contributed by atoms with Gasteiger partial charge in [-0.05, 0) is 42.3 Å². The molecule has 3 rings (SSSR count). The van der Waals surface area contributed by atoms with Gasteiger partial charge in [0, 0.05) is 23.6 Å². The topological polar surface area (TPSA) is 77.0 Å². The van der Waals surface area contributed by atoms with Crippen molar-refractivity contribution in [2.75, 3.05) is 12.4 Å². The molecule has 0 bridgehead atoms. The van der Waals surface area contributed by atoms with Gasteiger partial charge >= 0.3 is 12.1 Å². The van der Waals surface area contributed by atoms with E-state index in [2.05, 4.69) is 25.0 Å². The second-order valence-electron chi connectivity index (χ2n) is 5.90. The highest BCUT2D eigenvalue weighted by Gasteiger charge is 2.32. The number of aromatic nitrogens is 3. The summed E-state index contributed by atoms with van der Waals surface area (Å²) in [5, 5.41) is 2.79. The van der Waals surface area contributed by atoms with Gasteiger partial charge in [-0.3, -0.25) is 0 Å². The Morgan fingerprint density at radius 3 is 2.50 bits per heavy atom. The number of hydrogen-bond acceptors (Lipinski definition) is 6. The first kappa shape index (κ1) is 19.3. The molecule has 2 aromatic heterocycles. The predicted octanol–water partition coefficient (Wildman–Crippen LogP) is 4.40. The van der Waals surface area contributed by atoms with Crippen molar-refractivity contribution in [2.24, 2.45) is 0 Å². The minimum Gasteiger partial charge on any atom is -0.464 e. The first-order valence-corrected chi connectivity index (χ1v) is 8.10. The SMILES string of the molecule is COC(=O)c1ccc(-c2cc(C)cc(Nc3nccc(C(F)(F)F)n3)c2)cn1. The molecule has 0 saturated heterocycles. The van der Waals surface area contributed by atoms with Crippen LogP contribution in [0.5, 0.6) is 0 Å². The zero-order chi connectivity index (χ0) is 20.3. The van der Waals surface area contributed by atoms with Gasteiger partial charge < -0.3 is 10.1 Å². The Labute approximate surface area is 158 Å². The Kier molecular flexibility index (Phi) is 5.25. The average molecular weight is 388 g/mol. The molecule has 0 spiro atoms. The van der Waals surface area contributed by atoms with Crippen molar-refractivity contribution in [3.63, 3.8) is 0 Å². The number of alkyl halides is 3. The summed E-state index contributed by atoms with van der Waals surface area (Å²) in [4.78, 5) is 22.9. The zero-order valence-electron chi connectivity index (χ0n) is 14.9. The van der Waals surface area contributed by atoms with Crippen molar-refractivity contribution in [3.8, 4) is 11.1 Å². The lowest BCUT2D eigenvalue weighted by molar-refractivity contribution is -0.141. The van der Waals surface area contributed by atoms with Crippen molar-refractivity contribution in [2.45, 2.75) is 13.1 Å². The summed E-state index contributed by atoms with van der Waals surface area (Å²) in [6.45, 7) is 1.85. The van der Waals surface area contributed by atoms with E-state index in [4.69, 9.17) is 0 Å². The van der Waals surface area contributed by atoms with Crippen molar-refractivity contribution in [1.82, 2.24) is 15.0 Å². The highest BCUT2D eigenvalue weighted by molar-refractivity contribution is 5.87. The molecule has 9 heteroatoms. The van der Waals surface area contributed by atoms with Crippen LogP contribution in [0.15, 0.2) is 48.8 Å². The van der Waals surface area contributed by atoms with Gasteiger partial charge in [0.15, 0.2) is 0 Å². The van der Waals surface area contributed by atoms with Crippen LogP contribution in [0.4, 0.5) is 24.8 Å². The second kappa shape index (κ2) is 7.63.